The van der Waals surface area contributed by atoms with Crippen molar-refractivity contribution >= 4 is 29.1 Å². The summed E-state index contributed by atoms with van der Waals surface area (Å²) in [4.78, 5) is 14.7. The molecular weight excluding hydrogens is 319 g/mol. The zero-order chi connectivity index (χ0) is 16.3. The molecule has 0 bridgehead atoms. The number of carbonyl (C=O) groups is 1. The highest BCUT2D eigenvalue weighted by molar-refractivity contribution is 6.42. The standard InChI is InChI=1S/C17H24Cl2N2O/c1-3-17(2,20)15-6-4-5-9-21(15)16(22)11-12-7-8-13(18)14(19)10-12/h7-8,10,15H,3-6,9,11,20H2,1-2H3. The summed E-state index contributed by atoms with van der Waals surface area (Å²) in [5, 5.41) is 0.994. The Balaban J connectivity index is 2.13. The zero-order valence-electron chi connectivity index (χ0n) is 13.2. The highest BCUT2D eigenvalue weighted by Gasteiger charge is 2.37. The van der Waals surface area contributed by atoms with Gasteiger partial charge in [-0.2, -0.15) is 0 Å². The summed E-state index contributed by atoms with van der Waals surface area (Å²) in [5.41, 5.74) is 6.97. The van der Waals surface area contributed by atoms with E-state index in [1.165, 1.54) is 0 Å². The maximum atomic E-state index is 12.7. The van der Waals surface area contributed by atoms with Gasteiger partial charge in [-0.25, -0.2) is 0 Å². The number of amides is 1. The van der Waals surface area contributed by atoms with Gasteiger partial charge in [0, 0.05) is 18.1 Å². The van der Waals surface area contributed by atoms with Crippen molar-refractivity contribution in [2.24, 2.45) is 5.73 Å². The number of nitrogens with two attached hydrogens (primary N) is 1. The Kier molecular flexibility index (Phi) is 5.76. The Morgan fingerprint density at radius 3 is 2.73 bits per heavy atom. The topological polar surface area (TPSA) is 46.3 Å². The minimum atomic E-state index is -0.340. The molecule has 0 aromatic heterocycles. The first-order valence-corrected chi connectivity index (χ1v) is 8.63. The van der Waals surface area contributed by atoms with E-state index in [0.717, 1.165) is 37.8 Å². The summed E-state index contributed by atoms with van der Waals surface area (Å²) < 4.78 is 0. The number of nitrogens with zero attached hydrogens (tertiary/aromatic N) is 1. The highest BCUT2D eigenvalue weighted by atomic mass is 35.5. The van der Waals surface area contributed by atoms with Crippen LogP contribution in [0.25, 0.3) is 0 Å². The molecule has 1 aromatic carbocycles. The first kappa shape index (κ1) is 17.6. The maximum Gasteiger partial charge on any atom is 0.227 e. The van der Waals surface area contributed by atoms with Crippen LogP contribution in [0.1, 0.15) is 45.1 Å². The van der Waals surface area contributed by atoms with Crippen LogP contribution in [0.2, 0.25) is 10.0 Å². The molecule has 1 aliphatic heterocycles. The van der Waals surface area contributed by atoms with Gasteiger partial charge in [0.05, 0.1) is 16.5 Å². The zero-order valence-corrected chi connectivity index (χ0v) is 14.8. The summed E-state index contributed by atoms with van der Waals surface area (Å²) in [6.07, 6.45) is 4.35. The largest absolute Gasteiger partial charge is 0.338 e. The Morgan fingerprint density at radius 1 is 1.36 bits per heavy atom. The second-order valence-corrected chi connectivity index (χ2v) is 7.20. The summed E-state index contributed by atoms with van der Waals surface area (Å²) in [6.45, 7) is 4.91. The van der Waals surface area contributed by atoms with E-state index in [0.29, 0.717) is 16.5 Å². The third-order valence-corrected chi connectivity index (χ3v) is 5.42. The van der Waals surface area contributed by atoms with Crippen LogP contribution in [0.5, 0.6) is 0 Å². The Morgan fingerprint density at radius 2 is 2.09 bits per heavy atom. The molecule has 22 heavy (non-hydrogen) atoms. The van der Waals surface area contributed by atoms with Crippen LogP contribution in [0.15, 0.2) is 18.2 Å². The molecule has 1 fully saturated rings. The van der Waals surface area contributed by atoms with E-state index in [1.54, 1.807) is 12.1 Å². The Labute approximate surface area is 142 Å². The number of halogens is 2. The molecule has 2 rings (SSSR count). The predicted molar refractivity (Wildman–Crippen MR) is 92.4 cm³/mol. The maximum absolute atomic E-state index is 12.7. The summed E-state index contributed by atoms with van der Waals surface area (Å²) in [5.74, 6) is 0.119. The molecule has 0 aliphatic carbocycles. The third kappa shape index (κ3) is 3.95. The van der Waals surface area contributed by atoms with Gasteiger partial charge in [-0.15, -0.1) is 0 Å². The van der Waals surface area contributed by atoms with Gasteiger partial charge in [-0.3, -0.25) is 4.79 Å². The van der Waals surface area contributed by atoms with E-state index in [2.05, 4.69) is 6.92 Å². The normalized spacial score (nSPS) is 21.5. The van der Waals surface area contributed by atoms with Crippen molar-refractivity contribution in [3.63, 3.8) is 0 Å². The monoisotopic (exact) mass is 342 g/mol. The minimum absolute atomic E-state index is 0.113. The molecule has 2 N–H and O–H groups in total. The molecule has 5 heteroatoms. The van der Waals surface area contributed by atoms with Gasteiger partial charge in [0.25, 0.3) is 0 Å². The van der Waals surface area contributed by atoms with Crippen LogP contribution in [0, 0.1) is 0 Å². The van der Waals surface area contributed by atoms with Crippen LogP contribution >= 0.6 is 23.2 Å². The number of benzene rings is 1. The van der Waals surface area contributed by atoms with Crippen molar-refractivity contribution < 1.29 is 4.79 Å². The van der Waals surface area contributed by atoms with Crippen LogP contribution in [-0.2, 0) is 11.2 Å². The van der Waals surface area contributed by atoms with Crippen molar-refractivity contribution in [2.45, 2.75) is 57.5 Å². The Bertz CT molecular complexity index is 545. The van der Waals surface area contributed by atoms with Gasteiger partial charge >= 0.3 is 0 Å². The SMILES string of the molecule is CCC(C)(N)C1CCCCN1C(=O)Cc1ccc(Cl)c(Cl)c1. The van der Waals surface area contributed by atoms with E-state index < -0.39 is 0 Å². The average molecular weight is 343 g/mol. The molecule has 1 amide bonds. The fraction of sp³-hybridized carbons (Fsp3) is 0.588. The van der Waals surface area contributed by atoms with Gasteiger partial charge in [-0.05, 0) is 50.3 Å². The number of hydrogen-bond acceptors (Lipinski definition) is 2. The quantitative estimate of drug-likeness (QED) is 0.897. The first-order valence-electron chi connectivity index (χ1n) is 7.87. The summed E-state index contributed by atoms with van der Waals surface area (Å²) in [7, 11) is 0. The number of hydrogen-bond donors (Lipinski definition) is 1. The highest BCUT2D eigenvalue weighted by Crippen LogP contribution is 2.28. The molecule has 0 saturated carbocycles. The van der Waals surface area contributed by atoms with Crippen molar-refractivity contribution in [1.29, 1.82) is 0 Å². The number of carbonyl (C=O) groups excluding carboxylic acids is 1. The second-order valence-electron chi connectivity index (χ2n) is 6.38. The molecule has 0 spiro atoms. The van der Waals surface area contributed by atoms with Crippen LogP contribution in [0.3, 0.4) is 0 Å². The van der Waals surface area contributed by atoms with E-state index in [9.17, 15) is 4.79 Å². The van der Waals surface area contributed by atoms with Crippen molar-refractivity contribution in [3.8, 4) is 0 Å². The number of likely N-dealkylation sites (tertiary alicyclic amines) is 1. The molecule has 0 radical (unpaired) electrons. The lowest BCUT2D eigenvalue weighted by molar-refractivity contribution is -0.135. The summed E-state index contributed by atoms with van der Waals surface area (Å²) >= 11 is 12.0. The molecule has 2 atom stereocenters. The molecule has 1 saturated heterocycles. The van der Waals surface area contributed by atoms with E-state index >= 15 is 0 Å². The fourth-order valence-electron chi connectivity index (χ4n) is 3.08. The predicted octanol–water partition coefficient (Wildman–Crippen LogP) is 4.04. The van der Waals surface area contributed by atoms with Crippen LogP contribution in [0.4, 0.5) is 0 Å². The molecule has 1 heterocycles. The van der Waals surface area contributed by atoms with Crippen LogP contribution in [-0.4, -0.2) is 28.9 Å². The average Bonchev–Trinajstić information content (AvgIpc) is 2.51. The van der Waals surface area contributed by atoms with Gasteiger partial charge in [-0.1, -0.05) is 36.2 Å². The van der Waals surface area contributed by atoms with Crippen molar-refractivity contribution in [1.82, 2.24) is 4.90 Å². The minimum Gasteiger partial charge on any atom is -0.338 e. The lowest BCUT2D eigenvalue weighted by atomic mass is 9.83. The van der Waals surface area contributed by atoms with Crippen molar-refractivity contribution in [2.75, 3.05) is 6.54 Å². The second kappa shape index (κ2) is 7.20. The molecule has 1 aliphatic rings. The number of piperidine rings is 1. The lowest BCUT2D eigenvalue weighted by Crippen LogP contribution is -2.59. The van der Waals surface area contributed by atoms with Gasteiger partial charge in [0.2, 0.25) is 5.91 Å². The van der Waals surface area contributed by atoms with Crippen LogP contribution < -0.4 is 5.73 Å². The molecule has 1 aromatic rings. The van der Waals surface area contributed by atoms with Crippen molar-refractivity contribution in [3.05, 3.63) is 33.8 Å². The van der Waals surface area contributed by atoms with Gasteiger partial charge < -0.3 is 10.6 Å². The van der Waals surface area contributed by atoms with E-state index in [1.807, 2.05) is 17.9 Å². The molecular formula is C17H24Cl2N2O. The van der Waals surface area contributed by atoms with E-state index in [-0.39, 0.29) is 17.5 Å². The van der Waals surface area contributed by atoms with Gasteiger partial charge in [0.15, 0.2) is 0 Å². The molecule has 2 unspecified atom stereocenters. The fourth-order valence-corrected chi connectivity index (χ4v) is 3.40. The first-order chi connectivity index (χ1) is 10.3. The molecule has 122 valence electrons. The van der Waals surface area contributed by atoms with E-state index in [4.69, 9.17) is 28.9 Å². The third-order valence-electron chi connectivity index (χ3n) is 4.69. The Hall–Kier alpha value is -0.770. The molecule has 3 nitrogen and oxygen atoms in total. The number of rotatable bonds is 4. The lowest BCUT2D eigenvalue weighted by Gasteiger charge is -2.44. The smallest absolute Gasteiger partial charge is 0.227 e. The van der Waals surface area contributed by atoms with Gasteiger partial charge in [0.1, 0.15) is 0 Å². The summed E-state index contributed by atoms with van der Waals surface area (Å²) in [6, 6.07) is 5.47.